The van der Waals surface area contributed by atoms with Gasteiger partial charge in [0.2, 0.25) is 0 Å². The fourth-order valence-corrected chi connectivity index (χ4v) is 3.57. The number of quaternary nitrogens is 2. The van der Waals surface area contributed by atoms with E-state index in [0.29, 0.717) is 35.6 Å². The van der Waals surface area contributed by atoms with Crippen LogP contribution in [0.5, 0.6) is 0 Å². The number of anilines is 2. The van der Waals surface area contributed by atoms with Crippen molar-refractivity contribution < 1.29 is 29.3 Å². The summed E-state index contributed by atoms with van der Waals surface area (Å²) < 4.78 is -0.409. The lowest BCUT2D eigenvalue weighted by atomic mass is 10.1. The van der Waals surface area contributed by atoms with Gasteiger partial charge in [-0.05, 0) is 48.5 Å². The molecule has 178 valence electrons. The molecule has 0 spiro atoms. The molecule has 0 fully saturated rings. The lowest BCUT2D eigenvalue weighted by Crippen LogP contribution is -2.34. The minimum Gasteiger partial charge on any atom is -0.322 e. The Morgan fingerprint density at radius 3 is 1.32 bits per heavy atom. The summed E-state index contributed by atoms with van der Waals surface area (Å²) in [7, 11) is 6.70. The highest BCUT2D eigenvalue weighted by molar-refractivity contribution is 6.07. The van der Waals surface area contributed by atoms with E-state index in [9.17, 15) is 20.0 Å². The molecule has 0 aliphatic heterocycles. The summed E-state index contributed by atoms with van der Waals surface area (Å²) in [5.41, 5.74) is 3.88. The van der Waals surface area contributed by atoms with Crippen LogP contribution in [-0.4, -0.2) is 59.7 Å². The van der Waals surface area contributed by atoms with Gasteiger partial charge in [-0.3, -0.25) is 9.59 Å². The van der Waals surface area contributed by atoms with Crippen LogP contribution in [0.3, 0.4) is 0 Å². The predicted octanol–water partition coefficient (Wildman–Crippen LogP) is 4.12. The second-order valence-electron chi connectivity index (χ2n) is 9.44. The zero-order valence-corrected chi connectivity index (χ0v) is 19.9. The highest BCUT2D eigenvalue weighted by Crippen LogP contribution is 2.17. The van der Waals surface area contributed by atoms with Crippen molar-refractivity contribution in [3.63, 3.8) is 0 Å². The van der Waals surface area contributed by atoms with E-state index in [1.54, 1.807) is 64.6 Å². The molecule has 8 heteroatoms. The first-order valence-electron chi connectivity index (χ1n) is 10.9. The highest BCUT2D eigenvalue weighted by Gasteiger charge is 2.15. The first-order valence-corrected chi connectivity index (χ1v) is 10.9. The second kappa shape index (κ2) is 10.1. The lowest BCUT2D eigenvalue weighted by molar-refractivity contribution is -1.08. The Hall–Kier alpha value is -3.56. The monoisotopic (exact) mass is 464 g/mol. The van der Waals surface area contributed by atoms with Crippen LogP contribution in [0.4, 0.5) is 11.4 Å². The Balaban J connectivity index is 1.64. The number of rotatable bonds is 8. The Morgan fingerprint density at radius 1 is 0.647 bits per heavy atom. The van der Waals surface area contributed by atoms with Gasteiger partial charge in [0.05, 0.1) is 28.2 Å². The van der Waals surface area contributed by atoms with E-state index in [1.165, 1.54) is 0 Å². The summed E-state index contributed by atoms with van der Waals surface area (Å²) in [6, 6.07) is 21.0. The largest absolute Gasteiger partial charge is 0.322 e. The van der Waals surface area contributed by atoms with Gasteiger partial charge < -0.3 is 10.6 Å². The van der Waals surface area contributed by atoms with Crippen molar-refractivity contribution in [3.05, 3.63) is 95.1 Å². The summed E-state index contributed by atoms with van der Waals surface area (Å²) in [5.74, 6) is -0.585. The Labute approximate surface area is 199 Å². The molecule has 4 N–H and O–H groups in total. The molecular formula is C26H32N4O4+2. The van der Waals surface area contributed by atoms with Crippen molar-refractivity contribution in [2.24, 2.45) is 0 Å². The van der Waals surface area contributed by atoms with Crippen LogP contribution in [0, 0.1) is 0 Å². The average molecular weight is 465 g/mol. The lowest BCUT2D eigenvalue weighted by Gasteiger charge is -2.19. The molecule has 0 aliphatic carbocycles. The van der Waals surface area contributed by atoms with Crippen molar-refractivity contribution in [3.8, 4) is 0 Å². The maximum absolute atomic E-state index is 12.6. The maximum Gasteiger partial charge on any atom is 0.255 e. The van der Waals surface area contributed by atoms with Crippen LogP contribution in [-0.2, 0) is 13.1 Å². The summed E-state index contributed by atoms with van der Waals surface area (Å²) in [5, 5.41) is 25.6. The fourth-order valence-electron chi connectivity index (χ4n) is 3.57. The molecular weight excluding hydrogens is 432 g/mol. The number of carbonyl (C=O) groups excluding carboxylic acids is 2. The molecule has 3 aromatic carbocycles. The molecule has 3 rings (SSSR count). The zero-order chi connectivity index (χ0) is 24.9. The Bertz CT molecular complexity index is 1070. The second-order valence-corrected chi connectivity index (χ2v) is 9.44. The number of hydroxylamine groups is 6. The quantitative estimate of drug-likeness (QED) is 0.298. The smallest absolute Gasteiger partial charge is 0.255 e. The molecule has 2 amide bonds. The van der Waals surface area contributed by atoms with Crippen molar-refractivity contribution in [2.75, 3.05) is 38.8 Å². The van der Waals surface area contributed by atoms with Gasteiger partial charge in [0.25, 0.3) is 11.8 Å². The summed E-state index contributed by atoms with van der Waals surface area (Å²) in [4.78, 5) is 25.3. The van der Waals surface area contributed by atoms with E-state index in [0.717, 1.165) is 11.1 Å². The maximum atomic E-state index is 12.6. The molecule has 0 radical (unpaired) electrons. The molecule has 0 atom stereocenters. The standard InChI is InChI=1S/C26H30N4O4/c1-29(2,33)17-19-7-5-9-23(15-19)27-25(31)21-11-13-22(14-12-21)26(32)28-24-10-6-8-20(16-24)18-30(3,4)34/h5-16,33-34H,17-18H2,1-4H3/p+2. The first kappa shape index (κ1) is 25.1. The summed E-state index contributed by atoms with van der Waals surface area (Å²) in [6.07, 6.45) is 0. The van der Waals surface area contributed by atoms with Crippen LogP contribution in [0.15, 0.2) is 72.8 Å². The molecule has 0 unspecified atom stereocenters. The normalized spacial score (nSPS) is 11.7. The fraction of sp³-hybridized carbons (Fsp3) is 0.231. The molecule has 3 aromatic rings. The van der Waals surface area contributed by atoms with Gasteiger partial charge in [0.15, 0.2) is 0 Å². The summed E-state index contributed by atoms with van der Waals surface area (Å²) in [6.45, 7) is 0.820. The van der Waals surface area contributed by atoms with E-state index in [-0.39, 0.29) is 21.1 Å². The topological polar surface area (TPSA) is 98.7 Å². The molecule has 0 heterocycles. The van der Waals surface area contributed by atoms with Crippen LogP contribution < -0.4 is 10.6 Å². The first-order chi connectivity index (χ1) is 15.9. The Kier molecular flexibility index (Phi) is 7.48. The molecule has 34 heavy (non-hydrogen) atoms. The van der Waals surface area contributed by atoms with E-state index in [2.05, 4.69) is 10.6 Å². The molecule has 0 saturated heterocycles. The van der Waals surface area contributed by atoms with Crippen LogP contribution in [0.1, 0.15) is 31.8 Å². The highest BCUT2D eigenvalue weighted by atomic mass is 16.5. The van der Waals surface area contributed by atoms with Gasteiger partial charge >= 0.3 is 0 Å². The van der Waals surface area contributed by atoms with Crippen LogP contribution >= 0.6 is 0 Å². The van der Waals surface area contributed by atoms with Gasteiger partial charge in [-0.2, -0.15) is 9.29 Å². The van der Waals surface area contributed by atoms with Gasteiger partial charge in [-0.1, -0.05) is 24.3 Å². The van der Waals surface area contributed by atoms with Gasteiger partial charge in [0.1, 0.15) is 13.1 Å². The van der Waals surface area contributed by atoms with Crippen molar-refractivity contribution >= 4 is 23.2 Å². The average Bonchev–Trinajstić information content (AvgIpc) is 2.72. The van der Waals surface area contributed by atoms with Gasteiger partial charge in [0, 0.05) is 33.6 Å². The number of nitrogens with zero attached hydrogens (tertiary/aromatic N) is 2. The van der Waals surface area contributed by atoms with E-state index < -0.39 is 0 Å². The molecule has 0 bridgehead atoms. The minimum absolute atomic E-state index is 0.205. The molecule has 0 saturated carbocycles. The molecule has 8 nitrogen and oxygen atoms in total. The van der Waals surface area contributed by atoms with E-state index in [4.69, 9.17) is 0 Å². The minimum atomic E-state index is -0.292. The third-order valence-electron chi connectivity index (χ3n) is 4.92. The van der Waals surface area contributed by atoms with Gasteiger partial charge in [-0.15, -0.1) is 0 Å². The van der Waals surface area contributed by atoms with Crippen molar-refractivity contribution in [1.29, 1.82) is 0 Å². The van der Waals surface area contributed by atoms with Gasteiger partial charge in [-0.25, -0.2) is 10.4 Å². The summed E-state index contributed by atoms with van der Waals surface area (Å²) >= 11 is 0. The number of nitrogens with one attached hydrogen (secondary N) is 2. The van der Waals surface area contributed by atoms with E-state index in [1.807, 2.05) is 36.4 Å². The number of hydrogen-bond acceptors (Lipinski definition) is 4. The van der Waals surface area contributed by atoms with Crippen molar-refractivity contribution in [2.45, 2.75) is 13.1 Å². The SMILES string of the molecule is C[N+](C)(O)Cc1cccc(NC(=O)c2ccc(C(=O)Nc3cccc(C[N+](C)(C)O)c3)cc2)c1. The van der Waals surface area contributed by atoms with Crippen LogP contribution in [0.2, 0.25) is 0 Å². The third-order valence-corrected chi connectivity index (χ3v) is 4.92. The zero-order valence-electron chi connectivity index (χ0n) is 19.9. The Morgan fingerprint density at radius 2 is 1.00 bits per heavy atom. The predicted molar refractivity (Wildman–Crippen MR) is 130 cm³/mol. The molecule has 0 aromatic heterocycles. The van der Waals surface area contributed by atoms with E-state index >= 15 is 0 Å². The van der Waals surface area contributed by atoms with Crippen molar-refractivity contribution in [1.82, 2.24) is 0 Å². The molecule has 0 aliphatic rings. The number of hydrogen-bond donors (Lipinski definition) is 4. The number of amides is 2. The third kappa shape index (κ3) is 7.79. The van der Waals surface area contributed by atoms with Crippen LogP contribution in [0.25, 0.3) is 0 Å². The number of carbonyl (C=O) groups is 2. The number of benzene rings is 3.